The summed E-state index contributed by atoms with van der Waals surface area (Å²) in [5, 5.41) is 3.27. The van der Waals surface area contributed by atoms with Gasteiger partial charge in [0.1, 0.15) is 17.5 Å². The third kappa shape index (κ3) is 2.99. The minimum Gasteiger partial charge on any atom is -0.384 e. The molecule has 0 amide bonds. The third-order valence-corrected chi connectivity index (χ3v) is 3.15. The zero-order chi connectivity index (χ0) is 13.2. The normalized spacial score (nSPS) is 14.4. The van der Waals surface area contributed by atoms with Gasteiger partial charge in [-0.1, -0.05) is 6.07 Å². The van der Waals surface area contributed by atoms with Gasteiger partial charge in [0.25, 0.3) is 0 Å². The van der Waals surface area contributed by atoms with Crippen LogP contribution in [0.2, 0.25) is 0 Å². The summed E-state index contributed by atoms with van der Waals surface area (Å²) in [4.78, 5) is 13.0. The molecule has 2 aromatic rings. The summed E-state index contributed by atoms with van der Waals surface area (Å²) >= 11 is 0. The highest BCUT2D eigenvalue weighted by atomic mass is 15.1. The smallest absolute Gasteiger partial charge is 0.136 e. The Hall–Kier alpha value is -2.17. The molecule has 0 unspecified atom stereocenters. The quantitative estimate of drug-likeness (QED) is 0.876. The Morgan fingerprint density at radius 3 is 2.84 bits per heavy atom. The summed E-state index contributed by atoms with van der Waals surface area (Å²) in [5.41, 5.74) is 7.95. The molecule has 0 atom stereocenters. The van der Waals surface area contributed by atoms with Gasteiger partial charge in [0, 0.05) is 30.4 Å². The number of nitrogens with one attached hydrogen (secondary N) is 1. The number of anilines is 2. The van der Waals surface area contributed by atoms with Crippen molar-refractivity contribution in [3.8, 4) is 0 Å². The average molecular weight is 255 g/mol. The fourth-order valence-electron chi connectivity index (χ4n) is 1.90. The number of rotatable bonds is 4. The molecule has 0 saturated heterocycles. The highest BCUT2D eigenvalue weighted by molar-refractivity contribution is 5.45. The van der Waals surface area contributed by atoms with Crippen molar-refractivity contribution in [3.05, 3.63) is 41.5 Å². The molecule has 3 rings (SSSR count). The largest absolute Gasteiger partial charge is 0.384 e. The number of nitrogen functional groups attached to an aromatic ring is 1. The van der Waals surface area contributed by atoms with E-state index in [1.807, 2.05) is 19.2 Å². The van der Waals surface area contributed by atoms with Crippen LogP contribution in [-0.4, -0.2) is 15.0 Å². The summed E-state index contributed by atoms with van der Waals surface area (Å²) < 4.78 is 0. The van der Waals surface area contributed by atoms with Crippen molar-refractivity contribution < 1.29 is 0 Å². The predicted octanol–water partition coefficient (Wildman–Crippen LogP) is 2.25. The van der Waals surface area contributed by atoms with E-state index in [1.54, 1.807) is 6.07 Å². The second-order valence-corrected chi connectivity index (χ2v) is 4.97. The first-order valence-electron chi connectivity index (χ1n) is 6.50. The van der Waals surface area contributed by atoms with Crippen LogP contribution in [0.4, 0.5) is 11.6 Å². The van der Waals surface area contributed by atoms with E-state index in [-0.39, 0.29) is 0 Å². The molecule has 1 aliphatic carbocycles. The molecule has 0 spiro atoms. The number of pyridine rings is 1. The van der Waals surface area contributed by atoms with Gasteiger partial charge in [0.2, 0.25) is 0 Å². The van der Waals surface area contributed by atoms with Gasteiger partial charge in [0.15, 0.2) is 0 Å². The van der Waals surface area contributed by atoms with E-state index in [0.717, 1.165) is 22.9 Å². The molecule has 0 aliphatic heterocycles. The van der Waals surface area contributed by atoms with Crippen LogP contribution in [-0.2, 0) is 6.54 Å². The van der Waals surface area contributed by atoms with Crippen LogP contribution in [0.3, 0.4) is 0 Å². The second-order valence-electron chi connectivity index (χ2n) is 4.97. The first-order chi connectivity index (χ1) is 9.20. The van der Waals surface area contributed by atoms with E-state index in [4.69, 9.17) is 5.73 Å². The van der Waals surface area contributed by atoms with Crippen LogP contribution < -0.4 is 11.1 Å². The van der Waals surface area contributed by atoms with Crippen LogP contribution in [0.15, 0.2) is 24.4 Å². The van der Waals surface area contributed by atoms with Crippen molar-refractivity contribution in [2.24, 2.45) is 0 Å². The highest BCUT2D eigenvalue weighted by Crippen LogP contribution is 2.38. The lowest BCUT2D eigenvalue weighted by atomic mass is 10.2. The average Bonchev–Trinajstić information content (AvgIpc) is 3.22. The van der Waals surface area contributed by atoms with Crippen LogP contribution in [0, 0.1) is 6.92 Å². The molecule has 0 radical (unpaired) electrons. The molecular weight excluding hydrogens is 238 g/mol. The van der Waals surface area contributed by atoms with Gasteiger partial charge in [-0.25, -0.2) is 9.97 Å². The van der Waals surface area contributed by atoms with Gasteiger partial charge in [-0.15, -0.1) is 0 Å². The molecule has 2 aromatic heterocycles. The Labute approximate surface area is 112 Å². The molecule has 19 heavy (non-hydrogen) atoms. The summed E-state index contributed by atoms with van der Waals surface area (Å²) in [5.74, 6) is 2.69. The van der Waals surface area contributed by atoms with E-state index in [2.05, 4.69) is 26.3 Å². The molecule has 1 aliphatic rings. The van der Waals surface area contributed by atoms with E-state index in [1.165, 1.54) is 12.8 Å². The lowest BCUT2D eigenvalue weighted by Crippen LogP contribution is -2.06. The topological polar surface area (TPSA) is 76.7 Å². The van der Waals surface area contributed by atoms with Gasteiger partial charge in [-0.2, -0.15) is 0 Å². The maximum absolute atomic E-state index is 5.81. The summed E-state index contributed by atoms with van der Waals surface area (Å²) in [6, 6.07) is 5.83. The third-order valence-electron chi connectivity index (χ3n) is 3.15. The molecule has 0 aromatic carbocycles. The summed E-state index contributed by atoms with van der Waals surface area (Å²) in [6.45, 7) is 2.66. The number of nitrogens with two attached hydrogens (primary N) is 1. The van der Waals surface area contributed by atoms with Crippen molar-refractivity contribution in [2.45, 2.75) is 32.2 Å². The van der Waals surface area contributed by atoms with Crippen LogP contribution >= 0.6 is 0 Å². The Kier molecular flexibility index (Phi) is 3.03. The van der Waals surface area contributed by atoms with Gasteiger partial charge in [-0.3, -0.25) is 4.98 Å². The zero-order valence-corrected chi connectivity index (χ0v) is 10.9. The standard InChI is InChI=1S/C14H17N5/c1-9-2-3-10(7-16-9)8-17-13-6-12(15)18-14(19-13)11-4-5-11/h2-3,6-7,11H,4-5,8H2,1H3,(H3,15,17,18,19). The number of aromatic nitrogens is 3. The first-order valence-corrected chi connectivity index (χ1v) is 6.50. The van der Waals surface area contributed by atoms with Crippen LogP contribution in [0.1, 0.15) is 35.8 Å². The number of nitrogens with zero attached hydrogens (tertiary/aromatic N) is 3. The summed E-state index contributed by atoms with van der Waals surface area (Å²) in [6.07, 6.45) is 4.21. The van der Waals surface area contributed by atoms with Gasteiger partial charge < -0.3 is 11.1 Å². The van der Waals surface area contributed by atoms with Crippen LogP contribution in [0.5, 0.6) is 0 Å². The Balaban J connectivity index is 1.70. The molecule has 0 bridgehead atoms. The minimum atomic E-state index is 0.505. The number of aryl methyl sites for hydroxylation is 1. The zero-order valence-electron chi connectivity index (χ0n) is 10.9. The lowest BCUT2D eigenvalue weighted by molar-refractivity contribution is 0.925. The molecule has 98 valence electrons. The molecule has 1 saturated carbocycles. The Bertz CT molecular complexity index is 575. The van der Waals surface area contributed by atoms with Crippen molar-refractivity contribution in [2.75, 3.05) is 11.1 Å². The Morgan fingerprint density at radius 1 is 1.32 bits per heavy atom. The Morgan fingerprint density at radius 2 is 2.16 bits per heavy atom. The number of hydrogen-bond donors (Lipinski definition) is 2. The van der Waals surface area contributed by atoms with E-state index in [9.17, 15) is 0 Å². The predicted molar refractivity (Wildman–Crippen MR) is 74.7 cm³/mol. The molecular formula is C14H17N5. The highest BCUT2D eigenvalue weighted by Gasteiger charge is 2.27. The molecule has 1 fully saturated rings. The van der Waals surface area contributed by atoms with Gasteiger partial charge in [0.05, 0.1) is 0 Å². The fraction of sp³-hybridized carbons (Fsp3) is 0.357. The first kappa shape index (κ1) is 11.9. The van der Waals surface area contributed by atoms with Gasteiger partial charge in [-0.05, 0) is 31.4 Å². The number of hydrogen-bond acceptors (Lipinski definition) is 5. The monoisotopic (exact) mass is 255 g/mol. The molecule has 3 N–H and O–H groups in total. The van der Waals surface area contributed by atoms with E-state index >= 15 is 0 Å². The van der Waals surface area contributed by atoms with Crippen LogP contribution in [0.25, 0.3) is 0 Å². The second kappa shape index (κ2) is 4.84. The maximum atomic E-state index is 5.81. The van der Waals surface area contributed by atoms with Gasteiger partial charge >= 0.3 is 0 Å². The van der Waals surface area contributed by atoms with E-state index in [0.29, 0.717) is 18.3 Å². The molecule has 5 heteroatoms. The lowest BCUT2D eigenvalue weighted by Gasteiger charge is -2.08. The molecule has 5 nitrogen and oxygen atoms in total. The van der Waals surface area contributed by atoms with Crippen molar-refractivity contribution in [1.82, 2.24) is 15.0 Å². The maximum Gasteiger partial charge on any atom is 0.136 e. The SMILES string of the molecule is Cc1ccc(CNc2cc(N)nc(C3CC3)n2)cn1. The minimum absolute atomic E-state index is 0.505. The van der Waals surface area contributed by atoms with Crippen molar-refractivity contribution in [3.63, 3.8) is 0 Å². The fourth-order valence-corrected chi connectivity index (χ4v) is 1.90. The molecule has 2 heterocycles. The van der Waals surface area contributed by atoms with E-state index < -0.39 is 0 Å². The van der Waals surface area contributed by atoms with Crippen molar-refractivity contribution in [1.29, 1.82) is 0 Å². The van der Waals surface area contributed by atoms with Crippen molar-refractivity contribution >= 4 is 11.6 Å². The summed E-state index contributed by atoms with van der Waals surface area (Å²) in [7, 11) is 0.